The van der Waals surface area contributed by atoms with Crippen molar-refractivity contribution in [3.05, 3.63) is 59.2 Å². The van der Waals surface area contributed by atoms with Crippen LogP contribution in [0.25, 0.3) is 0 Å². The van der Waals surface area contributed by atoms with E-state index in [2.05, 4.69) is 10.5 Å². The van der Waals surface area contributed by atoms with Crippen molar-refractivity contribution in [2.24, 2.45) is 5.10 Å². The highest BCUT2D eigenvalue weighted by Crippen LogP contribution is 2.20. The van der Waals surface area contributed by atoms with Crippen LogP contribution in [-0.4, -0.2) is 22.3 Å². The number of aromatic hydroxyl groups is 2. The van der Waals surface area contributed by atoms with Crippen molar-refractivity contribution < 1.29 is 15.0 Å². The molecule has 0 aliphatic heterocycles. The Kier molecular flexibility index (Phi) is 4.00. The van der Waals surface area contributed by atoms with Gasteiger partial charge in [-0.25, -0.2) is 5.43 Å². The van der Waals surface area contributed by atoms with Crippen LogP contribution in [0.2, 0.25) is 0 Å². The summed E-state index contributed by atoms with van der Waals surface area (Å²) in [6.07, 6.45) is 1.52. The molecule has 2 rings (SSSR count). The first-order valence-corrected chi connectivity index (χ1v) is 5.98. The highest BCUT2D eigenvalue weighted by molar-refractivity contribution is 5.95. The number of nitrogens with one attached hydrogen (secondary N) is 1. The van der Waals surface area contributed by atoms with Crippen LogP contribution < -0.4 is 5.43 Å². The molecule has 0 atom stereocenters. The highest BCUT2D eigenvalue weighted by Gasteiger charge is 2.07. The maximum atomic E-state index is 11.8. The average molecular weight is 270 g/mol. The zero-order valence-electron chi connectivity index (χ0n) is 10.9. The summed E-state index contributed by atoms with van der Waals surface area (Å²) in [7, 11) is 0. The minimum absolute atomic E-state index is 0.129. The normalized spacial score (nSPS) is 10.7. The highest BCUT2D eigenvalue weighted by atomic mass is 16.3. The van der Waals surface area contributed by atoms with Crippen molar-refractivity contribution >= 4 is 12.1 Å². The molecule has 0 saturated heterocycles. The van der Waals surface area contributed by atoms with E-state index >= 15 is 0 Å². The SMILES string of the molecule is Cc1cccc(C=NNC(=O)c2cc(O)cc(O)c2)c1. The monoisotopic (exact) mass is 270 g/mol. The van der Waals surface area contributed by atoms with Gasteiger partial charge >= 0.3 is 0 Å². The average Bonchev–Trinajstić information content (AvgIpc) is 2.37. The molecule has 0 saturated carbocycles. The summed E-state index contributed by atoms with van der Waals surface area (Å²) in [5.74, 6) is -0.879. The second kappa shape index (κ2) is 5.88. The number of rotatable bonds is 3. The lowest BCUT2D eigenvalue weighted by atomic mass is 10.2. The smallest absolute Gasteiger partial charge is 0.271 e. The molecule has 3 N–H and O–H groups in total. The minimum Gasteiger partial charge on any atom is -0.508 e. The maximum Gasteiger partial charge on any atom is 0.271 e. The van der Waals surface area contributed by atoms with Gasteiger partial charge in [-0.15, -0.1) is 0 Å². The molecule has 0 fully saturated rings. The van der Waals surface area contributed by atoms with Crippen molar-refractivity contribution in [2.45, 2.75) is 6.92 Å². The molecule has 0 radical (unpaired) electrons. The van der Waals surface area contributed by atoms with Crippen molar-refractivity contribution in [1.82, 2.24) is 5.43 Å². The Bertz CT molecular complexity index is 646. The van der Waals surface area contributed by atoms with Crippen LogP contribution in [0.3, 0.4) is 0 Å². The van der Waals surface area contributed by atoms with Crippen LogP contribution in [0.1, 0.15) is 21.5 Å². The Labute approximate surface area is 116 Å². The number of aryl methyl sites for hydroxylation is 1. The Morgan fingerprint density at radius 2 is 1.85 bits per heavy atom. The molecule has 2 aromatic carbocycles. The van der Waals surface area contributed by atoms with Crippen LogP contribution in [-0.2, 0) is 0 Å². The van der Waals surface area contributed by atoms with Crippen molar-refractivity contribution in [3.63, 3.8) is 0 Å². The third-order valence-electron chi connectivity index (χ3n) is 2.59. The summed E-state index contributed by atoms with van der Waals surface area (Å²) >= 11 is 0. The van der Waals surface area contributed by atoms with Gasteiger partial charge in [0.25, 0.3) is 5.91 Å². The summed E-state index contributed by atoms with van der Waals surface area (Å²) in [5.41, 5.74) is 4.42. The second-order valence-corrected chi connectivity index (χ2v) is 4.35. The Morgan fingerprint density at radius 1 is 1.15 bits per heavy atom. The molecule has 0 bridgehead atoms. The van der Waals surface area contributed by atoms with Gasteiger partial charge in [0, 0.05) is 11.6 Å². The van der Waals surface area contributed by atoms with E-state index in [1.807, 2.05) is 31.2 Å². The summed E-state index contributed by atoms with van der Waals surface area (Å²) < 4.78 is 0. The van der Waals surface area contributed by atoms with Crippen LogP contribution in [0.5, 0.6) is 11.5 Å². The van der Waals surface area contributed by atoms with E-state index in [0.717, 1.165) is 17.2 Å². The van der Waals surface area contributed by atoms with E-state index in [4.69, 9.17) is 0 Å². The van der Waals surface area contributed by atoms with E-state index in [0.29, 0.717) is 0 Å². The van der Waals surface area contributed by atoms with Gasteiger partial charge < -0.3 is 10.2 Å². The molecule has 0 heterocycles. The molecule has 1 amide bonds. The molecule has 102 valence electrons. The van der Waals surface area contributed by atoms with Crippen molar-refractivity contribution in [2.75, 3.05) is 0 Å². The van der Waals surface area contributed by atoms with Crippen LogP contribution in [0, 0.1) is 6.92 Å². The van der Waals surface area contributed by atoms with E-state index in [9.17, 15) is 15.0 Å². The van der Waals surface area contributed by atoms with Gasteiger partial charge in [0.2, 0.25) is 0 Å². The minimum atomic E-state index is -0.514. The van der Waals surface area contributed by atoms with E-state index in [1.54, 1.807) is 0 Å². The summed E-state index contributed by atoms with van der Waals surface area (Å²) in [6, 6.07) is 11.3. The molecular formula is C15H14N2O3. The third-order valence-corrected chi connectivity index (χ3v) is 2.59. The van der Waals surface area contributed by atoms with Crippen molar-refractivity contribution in [1.29, 1.82) is 0 Å². The van der Waals surface area contributed by atoms with Gasteiger partial charge in [-0.1, -0.05) is 29.8 Å². The van der Waals surface area contributed by atoms with E-state index in [1.165, 1.54) is 18.3 Å². The molecule has 0 unspecified atom stereocenters. The van der Waals surface area contributed by atoms with Crippen LogP contribution in [0.15, 0.2) is 47.6 Å². The predicted molar refractivity (Wildman–Crippen MR) is 76.0 cm³/mol. The largest absolute Gasteiger partial charge is 0.508 e. The Hall–Kier alpha value is -2.82. The summed E-state index contributed by atoms with van der Waals surface area (Å²) in [4.78, 5) is 11.8. The lowest BCUT2D eigenvalue weighted by Gasteiger charge is -2.02. The van der Waals surface area contributed by atoms with Gasteiger partial charge in [0.1, 0.15) is 11.5 Å². The molecule has 5 nitrogen and oxygen atoms in total. The number of phenolic OH excluding ortho intramolecular Hbond substituents is 2. The zero-order chi connectivity index (χ0) is 14.5. The van der Waals surface area contributed by atoms with Crippen molar-refractivity contribution in [3.8, 4) is 11.5 Å². The molecule has 0 aliphatic rings. The number of hydrogen-bond donors (Lipinski definition) is 3. The number of nitrogens with zero attached hydrogens (tertiary/aromatic N) is 1. The summed E-state index contributed by atoms with van der Waals surface area (Å²) in [5, 5.41) is 22.4. The number of carbonyl (C=O) groups is 1. The van der Waals surface area contributed by atoms with Crippen LogP contribution in [0.4, 0.5) is 0 Å². The first kappa shape index (κ1) is 13.6. The predicted octanol–water partition coefficient (Wildman–Crippen LogP) is 2.17. The van der Waals surface area contributed by atoms with E-state index < -0.39 is 5.91 Å². The molecule has 0 aromatic heterocycles. The number of amides is 1. The van der Waals surface area contributed by atoms with Gasteiger partial charge in [0.15, 0.2) is 0 Å². The molecular weight excluding hydrogens is 256 g/mol. The second-order valence-electron chi connectivity index (χ2n) is 4.35. The fourth-order valence-corrected chi connectivity index (χ4v) is 1.71. The Morgan fingerprint density at radius 3 is 2.50 bits per heavy atom. The summed E-state index contributed by atoms with van der Waals surface area (Å²) in [6.45, 7) is 1.96. The fourth-order valence-electron chi connectivity index (χ4n) is 1.71. The number of hydrazone groups is 1. The quantitative estimate of drug-likeness (QED) is 0.590. The standard InChI is InChI=1S/C15H14N2O3/c1-10-3-2-4-11(5-10)9-16-17-15(20)12-6-13(18)8-14(19)7-12/h2-9,18-19H,1H3,(H,17,20). The topological polar surface area (TPSA) is 81.9 Å². The molecule has 0 spiro atoms. The van der Waals surface area contributed by atoms with Crippen LogP contribution >= 0.6 is 0 Å². The molecule has 0 aliphatic carbocycles. The first-order valence-electron chi connectivity index (χ1n) is 5.98. The molecule has 5 heteroatoms. The molecule has 2 aromatic rings. The van der Waals surface area contributed by atoms with Gasteiger partial charge in [0.05, 0.1) is 6.21 Å². The maximum absolute atomic E-state index is 11.8. The number of benzene rings is 2. The van der Waals surface area contributed by atoms with Gasteiger partial charge in [-0.2, -0.15) is 5.10 Å². The van der Waals surface area contributed by atoms with E-state index in [-0.39, 0.29) is 17.1 Å². The molecule has 20 heavy (non-hydrogen) atoms. The van der Waals surface area contributed by atoms with Gasteiger partial charge in [-0.3, -0.25) is 4.79 Å². The Balaban J connectivity index is 2.05. The number of hydrogen-bond acceptors (Lipinski definition) is 4. The lowest BCUT2D eigenvalue weighted by Crippen LogP contribution is -2.17. The zero-order valence-corrected chi connectivity index (χ0v) is 10.9. The van der Waals surface area contributed by atoms with Gasteiger partial charge in [-0.05, 0) is 24.6 Å². The first-order chi connectivity index (χ1) is 9.54. The third kappa shape index (κ3) is 3.58. The number of phenols is 2. The number of carbonyl (C=O) groups excluding carboxylic acids is 1. The lowest BCUT2D eigenvalue weighted by molar-refractivity contribution is 0.0954. The fraction of sp³-hybridized carbons (Fsp3) is 0.0667.